The number of aromatic nitrogens is 2. The molecule has 2 nitrogen and oxygen atoms in total. The molecule has 2 heterocycles. The van der Waals surface area contributed by atoms with E-state index in [0.717, 1.165) is 12.8 Å². The normalized spacial score (nSPS) is 10.5. The molecule has 2 rings (SSSR count). The Kier molecular flexibility index (Phi) is 2.21. The van der Waals surface area contributed by atoms with Gasteiger partial charge in [0.25, 0.3) is 0 Å². The lowest BCUT2D eigenvalue weighted by Crippen LogP contribution is -1.97. The van der Waals surface area contributed by atoms with Crippen LogP contribution in [-0.4, -0.2) is 9.55 Å². The van der Waals surface area contributed by atoms with Crippen LogP contribution in [0.25, 0.3) is 0 Å². The third-order valence-corrected chi connectivity index (χ3v) is 2.36. The predicted octanol–water partition coefficient (Wildman–Crippen LogP) is 2.14. The third kappa shape index (κ3) is 1.83. The summed E-state index contributed by atoms with van der Waals surface area (Å²) in [7, 11) is 2.09. The zero-order valence-electron chi connectivity index (χ0n) is 7.83. The summed E-state index contributed by atoms with van der Waals surface area (Å²) in [5, 5.41) is 0. The highest BCUT2D eigenvalue weighted by atomic mass is 14.9. The lowest BCUT2D eigenvalue weighted by molar-refractivity contribution is 0.793. The van der Waals surface area contributed by atoms with Gasteiger partial charge in [-0.05, 0) is 37.1 Å². The lowest BCUT2D eigenvalue weighted by atomic mass is 10.2. The van der Waals surface area contributed by atoms with Crippen molar-refractivity contribution in [1.29, 1.82) is 0 Å². The van der Waals surface area contributed by atoms with Crippen LogP contribution in [-0.2, 0) is 19.9 Å². The summed E-state index contributed by atoms with van der Waals surface area (Å²) in [5.41, 5.74) is 2.69. The highest BCUT2D eigenvalue weighted by molar-refractivity contribution is 5.10. The number of H-pyrrole nitrogens is 1. The van der Waals surface area contributed by atoms with E-state index in [1.165, 1.54) is 11.4 Å². The highest BCUT2D eigenvalue weighted by Crippen LogP contribution is 2.05. The van der Waals surface area contributed by atoms with E-state index in [9.17, 15) is 0 Å². The first-order valence-corrected chi connectivity index (χ1v) is 4.59. The molecule has 0 atom stereocenters. The van der Waals surface area contributed by atoms with Crippen molar-refractivity contribution in [3.8, 4) is 0 Å². The highest BCUT2D eigenvalue weighted by Gasteiger charge is 1.98. The Hall–Kier alpha value is -1.44. The van der Waals surface area contributed by atoms with E-state index in [0.29, 0.717) is 0 Å². The second-order valence-electron chi connectivity index (χ2n) is 3.31. The molecule has 0 bridgehead atoms. The smallest absolute Gasteiger partial charge is 0.0175 e. The number of aromatic amines is 1. The maximum absolute atomic E-state index is 3.21. The number of nitrogens with zero attached hydrogens (tertiary/aromatic N) is 1. The van der Waals surface area contributed by atoms with Gasteiger partial charge in [0.05, 0.1) is 0 Å². The molecular formula is C11H14N2. The minimum absolute atomic E-state index is 1.09. The van der Waals surface area contributed by atoms with Crippen molar-refractivity contribution in [1.82, 2.24) is 9.55 Å². The molecule has 0 saturated carbocycles. The van der Waals surface area contributed by atoms with Crippen LogP contribution in [0.15, 0.2) is 36.7 Å². The zero-order chi connectivity index (χ0) is 9.10. The van der Waals surface area contributed by atoms with Crippen molar-refractivity contribution >= 4 is 0 Å². The summed E-state index contributed by atoms with van der Waals surface area (Å²) in [6.07, 6.45) is 6.25. The topological polar surface area (TPSA) is 20.7 Å². The minimum Gasteiger partial charge on any atom is -0.365 e. The van der Waals surface area contributed by atoms with Gasteiger partial charge >= 0.3 is 0 Å². The van der Waals surface area contributed by atoms with Gasteiger partial charge in [-0.3, -0.25) is 0 Å². The van der Waals surface area contributed by atoms with Gasteiger partial charge in [0.1, 0.15) is 0 Å². The van der Waals surface area contributed by atoms with E-state index >= 15 is 0 Å². The quantitative estimate of drug-likeness (QED) is 0.736. The monoisotopic (exact) mass is 174 g/mol. The molecule has 0 fully saturated rings. The fraction of sp³-hybridized carbons (Fsp3) is 0.273. The second-order valence-corrected chi connectivity index (χ2v) is 3.31. The molecule has 0 amide bonds. The number of rotatable bonds is 3. The molecule has 13 heavy (non-hydrogen) atoms. The second kappa shape index (κ2) is 3.52. The van der Waals surface area contributed by atoms with Gasteiger partial charge < -0.3 is 9.55 Å². The Morgan fingerprint density at radius 2 is 2.15 bits per heavy atom. The van der Waals surface area contributed by atoms with Crippen molar-refractivity contribution in [2.45, 2.75) is 12.8 Å². The summed E-state index contributed by atoms with van der Waals surface area (Å²) in [6.45, 7) is 0. The van der Waals surface area contributed by atoms with E-state index in [1.807, 2.05) is 12.3 Å². The third-order valence-electron chi connectivity index (χ3n) is 2.36. The van der Waals surface area contributed by atoms with Crippen LogP contribution in [0.5, 0.6) is 0 Å². The average molecular weight is 174 g/mol. The number of nitrogens with one attached hydrogen (secondary N) is 1. The molecule has 1 N–H and O–H groups in total. The first kappa shape index (κ1) is 8.17. The van der Waals surface area contributed by atoms with Crippen LogP contribution in [0.4, 0.5) is 0 Å². The number of hydrogen-bond acceptors (Lipinski definition) is 0. The van der Waals surface area contributed by atoms with E-state index in [-0.39, 0.29) is 0 Å². The SMILES string of the molecule is Cn1cccc1CCc1ccc[nH]1. The van der Waals surface area contributed by atoms with E-state index in [4.69, 9.17) is 0 Å². The van der Waals surface area contributed by atoms with Crippen LogP contribution in [0.1, 0.15) is 11.4 Å². The van der Waals surface area contributed by atoms with Crippen LogP contribution in [0.2, 0.25) is 0 Å². The summed E-state index contributed by atoms with van der Waals surface area (Å²) in [6, 6.07) is 8.43. The Labute approximate surface area is 78.2 Å². The van der Waals surface area contributed by atoms with E-state index in [2.05, 4.69) is 41.0 Å². The van der Waals surface area contributed by atoms with E-state index in [1.54, 1.807) is 0 Å². The molecule has 2 aromatic heterocycles. The average Bonchev–Trinajstić information content (AvgIpc) is 2.72. The molecule has 0 saturated heterocycles. The lowest BCUT2D eigenvalue weighted by Gasteiger charge is -2.01. The van der Waals surface area contributed by atoms with Crippen LogP contribution < -0.4 is 0 Å². The summed E-state index contributed by atoms with van der Waals surface area (Å²) in [4.78, 5) is 3.21. The van der Waals surface area contributed by atoms with Gasteiger partial charge in [-0.15, -0.1) is 0 Å². The first-order valence-electron chi connectivity index (χ1n) is 4.59. The predicted molar refractivity (Wildman–Crippen MR) is 53.6 cm³/mol. The molecule has 0 unspecified atom stereocenters. The number of aryl methyl sites for hydroxylation is 3. The molecule has 0 aliphatic rings. The number of hydrogen-bond donors (Lipinski definition) is 1. The van der Waals surface area contributed by atoms with Crippen molar-refractivity contribution in [3.05, 3.63) is 48.0 Å². The first-order chi connectivity index (χ1) is 6.36. The zero-order valence-corrected chi connectivity index (χ0v) is 7.83. The van der Waals surface area contributed by atoms with Gasteiger partial charge in [-0.1, -0.05) is 0 Å². The Morgan fingerprint density at radius 1 is 1.23 bits per heavy atom. The summed E-state index contributed by atoms with van der Waals surface area (Å²) >= 11 is 0. The Morgan fingerprint density at radius 3 is 2.77 bits per heavy atom. The fourth-order valence-corrected chi connectivity index (χ4v) is 1.54. The largest absolute Gasteiger partial charge is 0.365 e. The molecule has 0 aliphatic carbocycles. The van der Waals surface area contributed by atoms with Crippen molar-refractivity contribution in [2.75, 3.05) is 0 Å². The molecule has 0 radical (unpaired) electrons. The van der Waals surface area contributed by atoms with Gasteiger partial charge in [0, 0.05) is 30.8 Å². The van der Waals surface area contributed by atoms with Crippen LogP contribution in [0, 0.1) is 0 Å². The Bertz CT molecular complexity index is 357. The maximum Gasteiger partial charge on any atom is 0.0175 e. The van der Waals surface area contributed by atoms with Gasteiger partial charge in [0.15, 0.2) is 0 Å². The molecule has 0 spiro atoms. The Balaban J connectivity index is 1.97. The molecule has 2 heteroatoms. The molecule has 2 aromatic rings. The van der Waals surface area contributed by atoms with E-state index < -0.39 is 0 Å². The molecule has 0 aliphatic heterocycles. The van der Waals surface area contributed by atoms with Gasteiger partial charge in [-0.2, -0.15) is 0 Å². The minimum atomic E-state index is 1.09. The fourth-order valence-electron chi connectivity index (χ4n) is 1.54. The maximum atomic E-state index is 3.21. The molecule has 0 aromatic carbocycles. The summed E-state index contributed by atoms with van der Waals surface area (Å²) in [5.74, 6) is 0. The molecule has 68 valence electrons. The van der Waals surface area contributed by atoms with Gasteiger partial charge in [0.2, 0.25) is 0 Å². The van der Waals surface area contributed by atoms with Crippen LogP contribution >= 0.6 is 0 Å². The van der Waals surface area contributed by atoms with Crippen molar-refractivity contribution in [2.24, 2.45) is 7.05 Å². The standard InChI is InChI=1S/C11H14N2/c1-13-9-3-5-11(13)7-6-10-4-2-8-12-10/h2-5,8-9,12H,6-7H2,1H3. The summed E-state index contributed by atoms with van der Waals surface area (Å²) < 4.78 is 2.17. The van der Waals surface area contributed by atoms with Crippen molar-refractivity contribution < 1.29 is 0 Å². The van der Waals surface area contributed by atoms with Crippen LogP contribution in [0.3, 0.4) is 0 Å². The van der Waals surface area contributed by atoms with Gasteiger partial charge in [-0.25, -0.2) is 0 Å². The van der Waals surface area contributed by atoms with Crippen molar-refractivity contribution in [3.63, 3.8) is 0 Å². The molecular weight excluding hydrogens is 160 g/mol.